The molecule has 0 fully saturated rings. The van der Waals surface area contributed by atoms with Gasteiger partial charge in [0.25, 0.3) is 0 Å². The van der Waals surface area contributed by atoms with E-state index in [4.69, 9.17) is 0 Å². The first-order chi connectivity index (χ1) is 6.38. The Hall–Kier alpha value is 0.140. The van der Waals surface area contributed by atoms with Crippen LogP contribution < -0.4 is 5.32 Å². The molecule has 0 amide bonds. The smallest absolute Gasteiger partial charge is 0.0221 e. The highest BCUT2D eigenvalue weighted by Crippen LogP contribution is 2.21. The summed E-state index contributed by atoms with van der Waals surface area (Å²) in [4.78, 5) is 0. The van der Waals surface area contributed by atoms with Gasteiger partial charge in [0.2, 0.25) is 0 Å². The molecule has 0 saturated heterocycles. The number of hydrogen-bond donors (Lipinski definition) is 1. The van der Waals surface area contributed by atoms with Gasteiger partial charge >= 0.3 is 0 Å². The molecule has 0 bridgehead atoms. The number of rotatable bonds is 2. The Labute approximate surface area is 103 Å². The minimum atomic E-state index is 0.155. The Morgan fingerprint density at radius 1 is 1.21 bits per heavy atom. The lowest BCUT2D eigenvalue weighted by atomic mass is 10.1. The predicted molar refractivity (Wildman–Crippen MR) is 68.4 cm³/mol. The Balaban J connectivity index is 2.72. The molecular weight excluding hydrogens is 306 g/mol. The minimum Gasteiger partial charge on any atom is -0.308 e. The standard InChI is InChI=1S/C11H15Br2N/c1-11(2,3)14-7-8-6-9(12)4-5-10(8)13/h4-6,14H,7H2,1-3H3. The van der Waals surface area contributed by atoms with Crippen LogP contribution >= 0.6 is 31.9 Å². The van der Waals surface area contributed by atoms with Gasteiger partial charge in [0.15, 0.2) is 0 Å². The fraction of sp³-hybridized carbons (Fsp3) is 0.455. The molecule has 1 nitrogen and oxygen atoms in total. The van der Waals surface area contributed by atoms with E-state index in [0.29, 0.717) is 0 Å². The summed E-state index contributed by atoms with van der Waals surface area (Å²) in [7, 11) is 0. The highest BCUT2D eigenvalue weighted by Gasteiger charge is 2.09. The molecule has 0 aliphatic heterocycles. The lowest BCUT2D eigenvalue weighted by Gasteiger charge is -2.21. The molecular formula is C11H15Br2N. The summed E-state index contributed by atoms with van der Waals surface area (Å²) in [5.41, 5.74) is 1.43. The van der Waals surface area contributed by atoms with E-state index in [-0.39, 0.29) is 5.54 Å². The number of hydrogen-bond acceptors (Lipinski definition) is 1. The van der Waals surface area contributed by atoms with E-state index in [9.17, 15) is 0 Å². The van der Waals surface area contributed by atoms with Crippen LogP contribution in [0.25, 0.3) is 0 Å². The van der Waals surface area contributed by atoms with Crippen molar-refractivity contribution in [2.45, 2.75) is 32.9 Å². The maximum absolute atomic E-state index is 3.54. The molecule has 0 aliphatic rings. The minimum absolute atomic E-state index is 0.155. The van der Waals surface area contributed by atoms with Gasteiger partial charge in [-0.3, -0.25) is 0 Å². The highest BCUT2D eigenvalue weighted by molar-refractivity contribution is 9.11. The summed E-state index contributed by atoms with van der Waals surface area (Å²) in [5, 5.41) is 3.46. The van der Waals surface area contributed by atoms with Crippen LogP contribution in [0.2, 0.25) is 0 Å². The van der Waals surface area contributed by atoms with Crippen molar-refractivity contribution in [3.05, 3.63) is 32.7 Å². The molecule has 0 radical (unpaired) electrons. The average Bonchev–Trinajstić information content (AvgIpc) is 2.05. The van der Waals surface area contributed by atoms with Crippen molar-refractivity contribution in [1.82, 2.24) is 5.32 Å². The summed E-state index contributed by atoms with van der Waals surface area (Å²) < 4.78 is 2.27. The van der Waals surface area contributed by atoms with E-state index in [2.05, 4.69) is 70.1 Å². The van der Waals surface area contributed by atoms with Gasteiger partial charge in [-0.1, -0.05) is 31.9 Å². The van der Waals surface area contributed by atoms with Gasteiger partial charge < -0.3 is 5.32 Å². The second kappa shape index (κ2) is 4.77. The quantitative estimate of drug-likeness (QED) is 0.865. The topological polar surface area (TPSA) is 12.0 Å². The Morgan fingerprint density at radius 3 is 2.43 bits per heavy atom. The number of nitrogens with one attached hydrogen (secondary N) is 1. The summed E-state index contributed by atoms with van der Waals surface area (Å²) in [6.45, 7) is 7.38. The molecule has 14 heavy (non-hydrogen) atoms. The van der Waals surface area contributed by atoms with Gasteiger partial charge in [-0.15, -0.1) is 0 Å². The molecule has 0 saturated carbocycles. The average molecular weight is 321 g/mol. The summed E-state index contributed by atoms with van der Waals surface area (Å²) >= 11 is 7.01. The molecule has 0 unspecified atom stereocenters. The third-order valence-corrected chi connectivity index (χ3v) is 3.08. The normalized spacial score (nSPS) is 11.8. The monoisotopic (exact) mass is 319 g/mol. The van der Waals surface area contributed by atoms with Crippen LogP contribution in [-0.4, -0.2) is 5.54 Å². The van der Waals surface area contributed by atoms with Crippen molar-refractivity contribution in [1.29, 1.82) is 0 Å². The van der Waals surface area contributed by atoms with Crippen molar-refractivity contribution >= 4 is 31.9 Å². The van der Waals surface area contributed by atoms with E-state index < -0.39 is 0 Å². The first kappa shape index (κ1) is 12.2. The number of benzene rings is 1. The second-order valence-electron chi connectivity index (χ2n) is 4.34. The SMILES string of the molecule is CC(C)(C)NCc1cc(Br)ccc1Br. The molecule has 0 heterocycles. The van der Waals surface area contributed by atoms with Gasteiger partial charge in [-0.25, -0.2) is 0 Å². The largest absolute Gasteiger partial charge is 0.308 e. The van der Waals surface area contributed by atoms with Crippen molar-refractivity contribution in [3.63, 3.8) is 0 Å². The van der Waals surface area contributed by atoms with Gasteiger partial charge in [0, 0.05) is 21.0 Å². The third kappa shape index (κ3) is 4.11. The van der Waals surface area contributed by atoms with Gasteiger partial charge in [0.1, 0.15) is 0 Å². The zero-order valence-electron chi connectivity index (χ0n) is 8.70. The molecule has 1 aromatic rings. The first-order valence-electron chi connectivity index (χ1n) is 4.57. The van der Waals surface area contributed by atoms with E-state index >= 15 is 0 Å². The fourth-order valence-electron chi connectivity index (χ4n) is 1.04. The lowest BCUT2D eigenvalue weighted by Crippen LogP contribution is -2.35. The van der Waals surface area contributed by atoms with Crippen molar-refractivity contribution in [2.75, 3.05) is 0 Å². The van der Waals surface area contributed by atoms with Crippen LogP contribution in [0.4, 0.5) is 0 Å². The van der Waals surface area contributed by atoms with Crippen LogP contribution in [0.5, 0.6) is 0 Å². The van der Waals surface area contributed by atoms with Crippen LogP contribution in [0.15, 0.2) is 27.1 Å². The zero-order chi connectivity index (χ0) is 10.8. The maximum Gasteiger partial charge on any atom is 0.0221 e. The van der Waals surface area contributed by atoms with Gasteiger partial charge in [0.05, 0.1) is 0 Å². The van der Waals surface area contributed by atoms with Gasteiger partial charge in [-0.2, -0.15) is 0 Å². The van der Waals surface area contributed by atoms with Crippen LogP contribution in [-0.2, 0) is 6.54 Å². The summed E-state index contributed by atoms with van der Waals surface area (Å²) in [5.74, 6) is 0. The van der Waals surface area contributed by atoms with Gasteiger partial charge in [-0.05, 0) is 44.5 Å². The summed E-state index contributed by atoms with van der Waals surface area (Å²) in [6, 6.07) is 6.22. The lowest BCUT2D eigenvalue weighted by molar-refractivity contribution is 0.424. The highest BCUT2D eigenvalue weighted by atomic mass is 79.9. The van der Waals surface area contributed by atoms with Crippen LogP contribution in [0.1, 0.15) is 26.3 Å². The predicted octanol–water partition coefficient (Wildman–Crippen LogP) is 4.10. The van der Waals surface area contributed by atoms with Crippen molar-refractivity contribution in [3.8, 4) is 0 Å². The first-order valence-corrected chi connectivity index (χ1v) is 6.16. The molecule has 78 valence electrons. The molecule has 0 spiro atoms. The molecule has 0 atom stereocenters. The van der Waals surface area contributed by atoms with E-state index in [0.717, 1.165) is 15.5 Å². The third-order valence-electron chi connectivity index (χ3n) is 1.82. The molecule has 1 aromatic carbocycles. The van der Waals surface area contributed by atoms with E-state index in [1.807, 2.05) is 6.07 Å². The van der Waals surface area contributed by atoms with Crippen molar-refractivity contribution < 1.29 is 0 Å². The zero-order valence-corrected chi connectivity index (χ0v) is 11.9. The molecule has 0 aromatic heterocycles. The van der Waals surface area contributed by atoms with Crippen molar-refractivity contribution in [2.24, 2.45) is 0 Å². The second-order valence-corrected chi connectivity index (χ2v) is 6.11. The fourth-order valence-corrected chi connectivity index (χ4v) is 1.83. The molecule has 1 rings (SSSR count). The molecule has 3 heteroatoms. The molecule has 1 N–H and O–H groups in total. The Morgan fingerprint density at radius 2 is 1.86 bits per heavy atom. The van der Waals surface area contributed by atoms with E-state index in [1.54, 1.807) is 0 Å². The Bertz CT molecular complexity index is 316. The molecule has 0 aliphatic carbocycles. The van der Waals surface area contributed by atoms with E-state index in [1.165, 1.54) is 5.56 Å². The maximum atomic E-state index is 3.54. The van der Waals surface area contributed by atoms with Crippen LogP contribution in [0, 0.1) is 0 Å². The summed E-state index contributed by atoms with van der Waals surface area (Å²) in [6.07, 6.45) is 0. The van der Waals surface area contributed by atoms with Crippen LogP contribution in [0.3, 0.4) is 0 Å². The Kier molecular flexibility index (Phi) is 4.16. The number of halogens is 2.